The van der Waals surface area contributed by atoms with Crippen molar-refractivity contribution in [2.24, 2.45) is 0 Å². The quantitative estimate of drug-likeness (QED) is 0.275. The van der Waals surface area contributed by atoms with Gasteiger partial charge in [-0.3, -0.25) is 22.7 Å². The molecule has 1 aromatic carbocycles. The van der Waals surface area contributed by atoms with E-state index in [4.69, 9.17) is 27.4 Å². The van der Waals surface area contributed by atoms with Gasteiger partial charge >= 0.3 is 15.4 Å². The number of hydrogen-bond acceptors (Lipinski definition) is 10. The molecule has 2 rings (SSSR count). The number of nitrogens with zero attached hydrogens (tertiary/aromatic N) is 1. The minimum atomic E-state index is -4.10. The van der Waals surface area contributed by atoms with Gasteiger partial charge in [-0.15, -0.1) is 0 Å². The lowest BCUT2D eigenvalue weighted by atomic mass is 10.2. The summed E-state index contributed by atoms with van der Waals surface area (Å²) in [6.07, 6.45) is 0. The number of aromatic hydroxyl groups is 2. The molecule has 0 aliphatic carbocycles. The van der Waals surface area contributed by atoms with Crippen LogP contribution < -0.4 is 4.74 Å². The van der Waals surface area contributed by atoms with E-state index < -0.39 is 21.3 Å². The van der Waals surface area contributed by atoms with E-state index in [1.807, 2.05) is 0 Å². The van der Waals surface area contributed by atoms with Gasteiger partial charge in [0.15, 0.2) is 17.6 Å². The molecule has 192 valence electrons. The van der Waals surface area contributed by atoms with Crippen molar-refractivity contribution in [1.29, 1.82) is 0 Å². The van der Waals surface area contributed by atoms with Gasteiger partial charge in [-0.25, -0.2) is 4.57 Å². The van der Waals surface area contributed by atoms with Crippen molar-refractivity contribution in [3.8, 4) is 17.5 Å². The highest BCUT2D eigenvalue weighted by Crippen LogP contribution is 2.67. The number of hydrogen-bond donors (Lipinski definition) is 2. The van der Waals surface area contributed by atoms with E-state index in [1.165, 1.54) is 16.7 Å². The third kappa shape index (κ3) is 7.58. The van der Waals surface area contributed by atoms with E-state index in [2.05, 4.69) is 0 Å². The summed E-state index contributed by atoms with van der Waals surface area (Å²) in [5.74, 6) is -1.24. The molecule has 2 N–H and O–H groups in total. The maximum Gasteiger partial charge on any atom is 0.475 e. The maximum atomic E-state index is 13.7. The number of benzene rings is 1. The lowest BCUT2D eigenvalue weighted by Gasteiger charge is -2.29. The molecule has 1 heterocycles. The Labute approximate surface area is 199 Å². The molecule has 0 saturated carbocycles. The summed E-state index contributed by atoms with van der Waals surface area (Å²) in [5.41, 5.74) is 0.314. The third-order valence-electron chi connectivity index (χ3n) is 4.37. The van der Waals surface area contributed by atoms with Crippen LogP contribution in [0.4, 0.5) is 0 Å². The molecular weight excluding hydrogens is 488 g/mol. The van der Waals surface area contributed by atoms with E-state index in [-0.39, 0.29) is 51.3 Å². The van der Waals surface area contributed by atoms with E-state index in [0.29, 0.717) is 11.3 Å². The van der Waals surface area contributed by atoms with Crippen LogP contribution in [0.3, 0.4) is 0 Å². The third-order valence-corrected chi connectivity index (χ3v) is 8.37. The van der Waals surface area contributed by atoms with Crippen LogP contribution in [0.1, 0.15) is 39.1 Å². The molecule has 0 aliphatic rings. The first-order chi connectivity index (χ1) is 16.2. The Bertz CT molecular complexity index is 956. The molecule has 0 aliphatic heterocycles. The highest BCUT2D eigenvalue weighted by molar-refractivity contribution is 7.55. The SMILES string of the molecule is CCOP(=O)(OCC)OC(c1cccc(OCCn2c(O)ccc2O)c1)P(=O)(OCC)OCC. The summed E-state index contributed by atoms with van der Waals surface area (Å²) in [7, 11) is -8.07. The number of phosphoric ester groups is 1. The average molecular weight is 521 g/mol. The monoisotopic (exact) mass is 521 g/mol. The van der Waals surface area contributed by atoms with E-state index in [1.54, 1.807) is 52.0 Å². The van der Waals surface area contributed by atoms with Gasteiger partial charge in [-0.05, 0) is 45.4 Å². The number of rotatable bonds is 16. The minimum absolute atomic E-state index is 0.0415. The zero-order valence-corrected chi connectivity index (χ0v) is 21.6. The summed E-state index contributed by atoms with van der Waals surface area (Å²) in [4.78, 5) is 0. The Kier molecular flexibility index (Phi) is 11.1. The fourth-order valence-corrected chi connectivity index (χ4v) is 6.65. The lowest BCUT2D eigenvalue weighted by Crippen LogP contribution is -2.12. The largest absolute Gasteiger partial charge is 0.494 e. The first-order valence-corrected chi connectivity index (χ1v) is 14.1. The number of ether oxygens (including phenoxy) is 1. The Hall–Kier alpha value is -1.84. The van der Waals surface area contributed by atoms with Gasteiger partial charge < -0.3 is 24.0 Å². The molecule has 11 nitrogen and oxygen atoms in total. The zero-order chi connectivity index (χ0) is 25.2. The smallest absolute Gasteiger partial charge is 0.475 e. The van der Waals surface area contributed by atoms with Gasteiger partial charge in [-0.2, -0.15) is 0 Å². The predicted molar refractivity (Wildman–Crippen MR) is 125 cm³/mol. The second kappa shape index (κ2) is 13.3. The predicted octanol–water partition coefficient (Wildman–Crippen LogP) is 5.44. The van der Waals surface area contributed by atoms with Gasteiger partial charge in [0.25, 0.3) is 0 Å². The van der Waals surface area contributed by atoms with Gasteiger partial charge in [0.2, 0.25) is 0 Å². The van der Waals surface area contributed by atoms with Crippen molar-refractivity contribution in [3.63, 3.8) is 0 Å². The van der Waals surface area contributed by atoms with Crippen LogP contribution in [-0.2, 0) is 38.3 Å². The van der Waals surface area contributed by atoms with Crippen LogP contribution >= 0.6 is 15.4 Å². The Morgan fingerprint density at radius 2 is 1.41 bits per heavy atom. The molecular formula is C21H33NO10P2. The molecule has 1 aromatic heterocycles. The van der Waals surface area contributed by atoms with Crippen LogP contribution in [-0.4, -0.2) is 47.8 Å². The fraction of sp³-hybridized carbons (Fsp3) is 0.524. The maximum absolute atomic E-state index is 13.7. The lowest BCUT2D eigenvalue weighted by molar-refractivity contribution is 0.0891. The molecule has 0 fully saturated rings. The molecule has 2 aromatic rings. The molecule has 0 radical (unpaired) electrons. The van der Waals surface area contributed by atoms with Crippen molar-refractivity contribution in [2.75, 3.05) is 33.0 Å². The fourth-order valence-electron chi connectivity index (χ4n) is 3.06. The van der Waals surface area contributed by atoms with Gasteiger partial charge in [-0.1, -0.05) is 12.1 Å². The standard InChI is InChI=1S/C21H33NO10P2/c1-5-28-33(25,29-6-2)21(32-34(26,30-7-3)31-8-4)17-10-9-11-18(16-17)27-15-14-22-19(23)12-13-20(22)24/h9-13,16,21,23-24H,5-8,14-15H2,1-4H3. The van der Waals surface area contributed by atoms with Crippen LogP contribution in [0.2, 0.25) is 0 Å². The zero-order valence-electron chi connectivity index (χ0n) is 19.8. The van der Waals surface area contributed by atoms with Crippen LogP contribution in [0.25, 0.3) is 0 Å². The van der Waals surface area contributed by atoms with E-state index >= 15 is 0 Å². The Morgan fingerprint density at radius 1 is 0.853 bits per heavy atom. The van der Waals surface area contributed by atoms with Crippen molar-refractivity contribution in [2.45, 2.75) is 40.1 Å². The van der Waals surface area contributed by atoms with Crippen LogP contribution in [0.5, 0.6) is 17.5 Å². The molecule has 0 saturated heterocycles. The summed E-state index contributed by atoms with van der Waals surface area (Å²) in [5, 5.41) is 19.5. The molecule has 1 unspecified atom stereocenters. The summed E-state index contributed by atoms with van der Waals surface area (Å²) < 4.78 is 60.9. The molecule has 0 bridgehead atoms. The first-order valence-electron chi connectivity index (χ1n) is 11.0. The van der Waals surface area contributed by atoms with Crippen molar-refractivity contribution in [3.05, 3.63) is 42.0 Å². The van der Waals surface area contributed by atoms with Crippen LogP contribution in [0, 0.1) is 0 Å². The first kappa shape index (κ1) is 28.4. The van der Waals surface area contributed by atoms with Crippen molar-refractivity contribution in [1.82, 2.24) is 4.57 Å². The molecule has 0 spiro atoms. The summed E-state index contributed by atoms with van der Waals surface area (Å²) >= 11 is 0. The summed E-state index contributed by atoms with van der Waals surface area (Å²) in [6, 6.07) is 9.19. The molecule has 34 heavy (non-hydrogen) atoms. The number of aromatic nitrogens is 1. The van der Waals surface area contributed by atoms with Gasteiger partial charge in [0.05, 0.1) is 33.0 Å². The highest BCUT2D eigenvalue weighted by Gasteiger charge is 2.44. The van der Waals surface area contributed by atoms with E-state index in [0.717, 1.165) is 0 Å². The second-order valence-electron chi connectivity index (χ2n) is 6.74. The molecule has 13 heteroatoms. The second-order valence-corrected chi connectivity index (χ2v) is 10.4. The van der Waals surface area contributed by atoms with Crippen molar-refractivity contribution < 1.29 is 46.7 Å². The Balaban J connectivity index is 2.33. The highest BCUT2D eigenvalue weighted by atomic mass is 31.2. The summed E-state index contributed by atoms with van der Waals surface area (Å²) in [6.45, 7) is 7.05. The average Bonchev–Trinajstić information content (AvgIpc) is 3.10. The van der Waals surface area contributed by atoms with Crippen molar-refractivity contribution >= 4 is 15.4 Å². The molecule has 1 atom stereocenters. The van der Waals surface area contributed by atoms with Gasteiger partial charge in [0.1, 0.15) is 12.4 Å². The van der Waals surface area contributed by atoms with Gasteiger partial charge in [0, 0.05) is 12.1 Å². The van der Waals surface area contributed by atoms with E-state index in [9.17, 15) is 19.3 Å². The normalized spacial score (nSPS) is 13.2. The van der Waals surface area contributed by atoms with Crippen LogP contribution in [0.15, 0.2) is 36.4 Å². The topological polar surface area (TPSA) is 135 Å². The number of phosphoric acid groups is 1. The minimum Gasteiger partial charge on any atom is -0.494 e. The molecule has 0 amide bonds. The Morgan fingerprint density at radius 3 is 1.94 bits per heavy atom.